The summed E-state index contributed by atoms with van der Waals surface area (Å²) in [4.78, 5) is 22.8. The Bertz CT molecular complexity index is 654. The van der Waals surface area contributed by atoms with Crippen LogP contribution in [-0.4, -0.2) is 24.9 Å². The Balaban J connectivity index is 1.74. The molecule has 0 saturated heterocycles. The minimum Gasteiger partial charge on any atom is -0.385 e. The van der Waals surface area contributed by atoms with Crippen molar-refractivity contribution in [2.75, 3.05) is 23.7 Å². The van der Waals surface area contributed by atoms with Crippen LogP contribution < -0.4 is 16.0 Å². The number of hydrogen-bond acceptors (Lipinski definition) is 3. The van der Waals surface area contributed by atoms with Crippen molar-refractivity contribution in [3.8, 4) is 0 Å². The summed E-state index contributed by atoms with van der Waals surface area (Å²) in [5.41, 5.74) is 3.01. The molecule has 5 nitrogen and oxygen atoms in total. The summed E-state index contributed by atoms with van der Waals surface area (Å²) in [5, 5.41) is 8.64. The van der Waals surface area contributed by atoms with E-state index in [1.165, 1.54) is 5.56 Å². The zero-order valence-electron chi connectivity index (χ0n) is 13.8. The van der Waals surface area contributed by atoms with Gasteiger partial charge in [0.15, 0.2) is 0 Å². The van der Waals surface area contributed by atoms with Crippen LogP contribution in [0.4, 0.5) is 11.4 Å². The first-order valence-corrected chi connectivity index (χ1v) is 8.12. The molecular formula is C19H23N3O2. The average molecular weight is 325 g/mol. The molecule has 2 aromatic carbocycles. The van der Waals surface area contributed by atoms with E-state index in [1.807, 2.05) is 42.5 Å². The van der Waals surface area contributed by atoms with Gasteiger partial charge in [-0.3, -0.25) is 9.59 Å². The zero-order valence-corrected chi connectivity index (χ0v) is 13.8. The largest absolute Gasteiger partial charge is 0.385 e. The molecule has 0 bridgehead atoms. The van der Waals surface area contributed by atoms with Crippen molar-refractivity contribution >= 4 is 23.2 Å². The van der Waals surface area contributed by atoms with Crippen LogP contribution >= 0.6 is 0 Å². The number of carbonyl (C=O) groups excluding carboxylic acids is 2. The normalized spacial score (nSPS) is 10.0. The molecule has 2 rings (SSSR count). The van der Waals surface area contributed by atoms with Crippen LogP contribution in [0.3, 0.4) is 0 Å². The minimum atomic E-state index is -0.235. The highest BCUT2D eigenvalue weighted by Crippen LogP contribution is 2.13. The number of anilines is 2. The van der Waals surface area contributed by atoms with Gasteiger partial charge in [-0.15, -0.1) is 0 Å². The molecule has 0 aliphatic rings. The van der Waals surface area contributed by atoms with E-state index in [0.29, 0.717) is 12.1 Å². The Morgan fingerprint density at radius 1 is 0.875 bits per heavy atom. The second-order valence-corrected chi connectivity index (χ2v) is 5.42. The van der Waals surface area contributed by atoms with Crippen LogP contribution in [-0.2, 0) is 16.0 Å². The molecule has 0 aromatic heterocycles. The number of benzene rings is 2. The van der Waals surface area contributed by atoms with E-state index in [1.54, 1.807) is 6.92 Å². The van der Waals surface area contributed by atoms with E-state index in [0.717, 1.165) is 18.7 Å². The van der Waals surface area contributed by atoms with Crippen molar-refractivity contribution < 1.29 is 9.59 Å². The van der Waals surface area contributed by atoms with E-state index in [-0.39, 0.29) is 18.4 Å². The monoisotopic (exact) mass is 325 g/mol. The predicted octanol–water partition coefficient (Wildman–Crippen LogP) is 2.81. The average Bonchev–Trinajstić information content (AvgIpc) is 2.62. The molecule has 3 N–H and O–H groups in total. The van der Waals surface area contributed by atoms with Gasteiger partial charge in [0.25, 0.3) is 0 Å². The van der Waals surface area contributed by atoms with Gasteiger partial charge in [-0.05, 0) is 36.2 Å². The van der Waals surface area contributed by atoms with E-state index in [9.17, 15) is 9.59 Å². The maximum Gasteiger partial charge on any atom is 0.243 e. The van der Waals surface area contributed by atoms with E-state index in [2.05, 4.69) is 28.1 Å². The molecule has 0 aliphatic carbocycles. The van der Waals surface area contributed by atoms with E-state index < -0.39 is 0 Å². The molecule has 0 aliphatic heterocycles. The quantitative estimate of drug-likeness (QED) is 0.699. The third-order valence-electron chi connectivity index (χ3n) is 3.52. The molecule has 24 heavy (non-hydrogen) atoms. The Morgan fingerprint density at radius 2 is 1.54 bits per heavy atom. The van der Waals surface area contributed by atoms with Crippen LogP contribution in [0.2, 0.25) is 0 Å². The van der Waals surface area contributed by atoms with Crippen molar-refractivity contribution in [3.63, 3.8) is 0 Å². The zero-order chi connectivity index (χ0) is 17.2. The fraction of sp³-hybridized carbons (Fsp3) is 0.263. The molecule has 0 saturated carbocycles. The first kappa shape index (κ1) is 17.5. The number of carbonyl (C=O) groups is 2. The van der Waals surface area contributed by atoms with Crippen molar-refractivity contribution in [2.24, 2.45) is 0 Å². The van der Waals surface area contributed by atoms with Crippen molar-refractivity contribution in [1.82, 2.24) is 5.32 Å². The maximum atomic E-state index is 11.7. The number of rotatable bonds is 8. The Kier molecular flexibility index (Phi) is 6.83. The lowest BCUT2D eigenvalue weighted by molar-refractivity contribution is -0.123. The van der Waals surface area contributed by atoms with Gasteiger partial charge < -0.3 is 16.0 Å². The van der Waals surface area contributed by atoms with Crippen LogP contribution in [0.5, 0.6) is 0 Å². The molecule has 5 heteroatoms. The fourth-order valence-corrected chi connectivity index (χ4v) is 2.18. The molecule has 2 amide bonds. The van der Waals surface area contributed by atoms with E-state index in [4.69, 9.17) is 0 Å². The Morgan fingerprint density at radius 3 is 2.21 bits per heavy atom. The number of hydrogen-bond donors (Lipinski definition) is 3. The Hall–Kier alpha value is -2.82. The molecule has 0 radical (unpaired) electrons. The summed E-state index contributed by atoms with van der Waals surface area (Å²) in [7, 11) is 0. The predicted molar refractivity (Wildman–Crippen MR) is 97.0 cm³/mol. The fourth-order valence-electron chi connectivity index (χ4n) is 2.18. The van der Waals surface area contributed by atoms with Crippen molar-refractivity contribution in [1.29, 1.82) is 0 Å². The third kappa shape index (κ3) is 6.12. The lowest BCUT2D eigenvalue weighted by Crippen LogP contribution is -2.32. The van der Waals surface area contributed by atoms with Gasteiger partial charge >= 0.3 is 0 Å². The molecule has 126 valence electrons. The topological polar surface area (TPSA) is 70.2 Å². The third-order valence-corrected chi connectivity index (χ3v) is 3.52. The van der Waals surface area contributed by atoms with Gasteiger partial charge in [0, 0.05) is 24.3 Å². The number of amides is 2. The summed E-state index contributed by atoms with van der Waals surface area (Å²) in [6.07, 6.45) is 1.33. The Labute approximate surface area is 142 Å². The number of nitrogens with one attached hydrogen (secondary N) is 3. The highest BCUT2D eigenvalue weighted by Gasteiger charge is 2.04. The minimum absolute atomic E-state index is 0.0102. The lowest BCUT2D eigenvalue weighted by atomic mass is 10.1. The SMILES string of the molecule is CCC(=O)NCC(=O)Nc1ccc(NCCc2ccccc2)cc1. The summed E-state index contributed by atoms with van der Waals surface area (Å²) in [6, 6.07) is 17.8. The highest BCUT2D eigenvalue weighted by molar-refractivity contribution is 5.94. The van der Waals surface area contributed by atoms with Crippen LogP contribution in [0.15, 0.2) is 54.6 Å². The van der Waals surface area contributed by atoms with Gasteiger partial charge in [-0.25, -0.2) is 0 Å². The maximum absolute atomic E-state index is 11.7. The second kappa shape index (κ2) is 9.35. The molecule has 0 atom stereocenters. The molecule has 0 fully saturated rings. The lowest BCUT2D eigenvalue weighted by Gasteiger charge is -2.09. The smallest absolute Gasteiger partial charge is 0.243 e. The second-order valence-electron chi connectivity index (χ2n) is 5.42. The molecular weight excluding hydrogens is 302 g/mol. The van der Waals surface area contributed by atoms with Crippen LogP contribution in [0, 0.1) is 0 Å². The van der Waals surface area contributed by atoms with Gasteiger partial charge in [0.05, 0.1) is 6.54 Å². The molecule has 0 unspecified atom stereocenters. The first-order chi connectivity index (χ1) is 11.7. The van der Waals surface area contributed by atoms with Crippen LogP contribution in [0.1, 0.15) is 18.9 Å². The van der Waals surface area contributed by atoms with Gasteiger partial charge in [-0.2, -0.15) is 0 Å². The standard InChI is InChI=1S/C19H23N3O2/c1-2-18(23)21-14-19(24)22-17-10-8-16(9-11-17)20-13-12-15-6-4-3-5-7-15/h3-11,20H,2,12-14H2,1H3,(H,21,23)(H,22,24). The van der Waals surface area contributed by atoms with Crippen LogP contribution in [0.25, 0.3) is 0 Å². The summed E-state index contributed by atoms with van der Waals surface area (Å²) >= 11 is 0. The van der Waals surface area contributed by atoms with E-state index >= 15 is 0 Å². The van der Waals surface area contributed by atoms with Crippen molar-refractivity contribution in [2.45, 2.75) is 19.8 Å². The van der Waals surface area contributed by atoms with Gasteiger partial charge in [0.2, 0.25) is 11.8 Å². The molecule has 2 aromatic rings. The summed E-state index contributed by atoms with van der Waals surface area (Å²) in [6.45, 7) is 2.58. The summed E-state index contributed by atoms with van der Waals surface area (Å²) < 4.78 is 0. The summed E-state index contributed by atoms with van der Waals surface area (Å²) in [5.74, 6) is -0.371. The molecule has 0 spiro atoms. The first-order valence-electron chi connectivity index (χ1n) is 8.12. The van der Waals surface area contributed by atoms with Gasteiger partial charge in [-0.1, -0.05) is 37.3 Å². The van der Waals surface area contributed by atoms with Crippen molar-refractivity contribution in [3.05, 3.63) is 60.2 Å². The van der Waals surface area contributed by atoms with Gasteiger partial charge in [0.1, 0.15) is 0 Å². The highest BCUT2D eigenvalue weighted by atomic mass is 16.2. The molecule has 0 heterocycles.